The highest BCUT2D eigenvalue weighted by Crippen LogP contribution is 2.48. The molecule has 3 rings (SSSR count). The van der Waals surface area contributed by atoms with E-state index in [1.165, 1.54) is 11.8 Å². The number of carbonyl (C=O) groups excluding carboxylic acids is 2. The molecule has 0 radical (unpaired) electrons. The quantitative estimate of drug-likeness (QED) is 0.783. The monoisotopic (exact) mass is 268 g/mol. The molecule has 0 bridgehead atoms. The van der Waals surface area contributed by atoms with Crippen LogP contribution in [0.15, 0.2) is 60.7 Å². The molecule has 2 atom stereocenters. The predicted molar refractivity (Wildman–Crippen MR) is 76.0 cm³/mol. The van der Waals surface area contributed by atoms with E-state index < -0.39 is 0 Å². The Balaban J connectivity index is 1.92. The molecule has 1 fully saturated rings. The highest BCUT2D eigenvalue weighted by atomic mass is 32.2. The largest absolute Gasteiger partial charge is 0.289 e. The number of rotatable bonds is 2. The first kappa shape index (κ1) is 12.2. The molecule has 0 aliphatic carbocycles. The van der Waals surface area contributed by atoms with Crippen molar-refractivity contribution in [1.82, 2.24) is 0 Å². The van der Waals surface area contributed by atoms with E-state index in [1.54, 1.807) is 0 Å². The average molecular weight is 268 g/mol. The Morgan fingerprint density at radius 2 is 1.00 bits per heavy atom. The van der Waals surface area contributed by atoms with Crippen LogP contribution in [0.5, 0.6) is 0 Å². The Morgan fingerprint density at radius 1 is 0.632 bits per heavy atom. The minimum absolute atomic E-state index is 0.287. The fourth-order valence-electron chi connectivity index (χ4n) is 2.23. The second-order valence-corrected chi connectivity index (χ2v) is 5.66. The molecule has 2 aromatic rings. The molecule has 0 N–H and O–H groups in total. The van der Waals surface area contributed by atoms with Gasteiger partial charge in [0.25, 0.3) is 0 Å². The van der Waals surface area contributed by atoms with Gasteiger partial charge in [-0.3, -0.25) is 9.59 Å². The number of benzene rings is 2. The van der Waals surface area contributed by atoms with Crippen molar-refractivity contribution in [2.75, 3.05) is 0 Å². The van der Waals surface area contributed by atoms with Crippen LogP contribution in [-0.4, -0.2) is 11.6 Å². The maximum absolute atomic E-state index is 12.1. The normalized spacial score (nSPS) is 22.7. The SMILES string of the molecule is O=C1C(=O)[C@@H](c2ccccc2)SC1c1ccccc1. The van der Waals surface area contributed by atoms with Crippen LogP contribution in [0.2, 0.25) is 0 Å². The van der Waals surface area contributed by atoms with Crippen LogP contribution >= 0.6 is 11.8 Å². The van der Waals surface area contributed by atoms with Crippen molar-refractivity contribution >= 4 is 23.3 Å². The summed E-state index contributed by atoms with van der Waals surface area (Å²) in [5.41, 5.74) is 1.81. The van der Waals surface area contributed by atoms with E-state index in [2.05, 4.69) is 0 Å². The van der Waals surface area contributed by atoms with Crippen molar-refractivity contribution in [2.24, 2.45) is 0 Å². The first-order chi connectivity index (χ1) is 9.27. The molecule has 1 aliphatic heterocycles. The molecule has 19 heavy (non-hydrogen) atoms. The molecule has 1 saturated heterocycles. The molecule has 94 valence electrons. The third-order valence-corrected chi connectivity index (χ3v) is 4.71. The van der Waals surface area contributed by atoms with Gasteiger partial charge in [-0.15, -0.1) is 11.8 Å². The third-order valence-electron chi connectivity index (χ3n) is 3.20. The number of carbonyl (C=O) groups is 2. The molecule has 2 nitrogen and oxygen atoms in total. The van der Waals surface area contributed by atoms with Crippen molar-refractivity contribution in [3.05, 3.63) is 71.8 Å². The van der Waals surface area contributed by atoms with E-state index in [9.17, 15) is 9.59 Å². The lowest BCUT2D eigenvalue weighted by Gasteiger charge is -2.09. The van der Waals surface area contributed by atoms with Gasteiger partial charge in [-0.1, -0.05) is 60.7 Å². The van der Waals surface area contributed by atoms with E-state index in [-0.39, 0.29) is 22.1 Å². The van der Waals surface area contributed by atoms with Crippen molar-refractivity contribution in [3.8, 4) is 0 Å². The minimum Gasteiger partial charge on any atom is -0.289 e. The van der Waals surface area contributed by atoms with Gasteiger partial charge in [0, 0.05) is 0 Å². The van der Waals surface area contributed by atoms with Crippen LogP contribution in [0, 0.1) is 0 Å². The van der Waals surface area contributed by atoms with Crippen molar-refractivity contribution < 1.29 is 9.59 Å². The number of hydrogen-bond acceptors (Lipinski definition) is 3. The fourth-order valence-corrected chi connectivity index (χ4v) is 3.61. The Labute approximate surface area is 115 Å². The van der Waals surface area contributed by atoms with E-state index in [0.29, 0.717) is 0 Å². The first-order valence-corrected chi connectivity index (χ1v) is 7.05. The van der Waals surface area contributed by atoms with Crippen LogP contribution in [-0.2, 0) is 9.59 Å². The lowest BCUT2D eigenvalue weighted by Crippen LogP contribution is -2.14. The zero-order valence-electron chi connectivity index (χ0n) is 10.2. The summed E-state index contributed by atoms with van der Waals surface area (Å²) >= 11 is 1.43. The van der Waals surface area contributed by atoms with E-state index in [4.69, 9.17) is 0 Å². The van der Waals surface area contributed by atoms with Gasteiger partial charge in [-0.05, 0) is 11.1 Å². The summed E-state index contributed by atoms with van der Waals surface area (Å²) in [7, 11) is 0. The van der Waals surface area contributed by atoms with Gasteiger partial charge in [0.1, 0.15) is 0 Å². The molecule has 0 saturated carbocycles. The molecule has 2 aromatic carbocycles. The number of ketones is 2. The summed E-state index contributed by atoms with van der Waals surface area (Å²) in [6.45, 7) is 0. The van der Waals surface area contributed by atoms with Crippen LogP contribution < -0.4 is 0 Å². The van der Waals surface area contributed by atoms with Gasteiger partial charge in [0.2, 0.25) is 11.6 Å². The predicted octanol–water partition coefficient (Wildman–Crippen LogP) is 3.35. The molecule has 1 heterocycles. The summed E-state index contributed by atoms with van der Waals surface area (Å²) < 4.78 is 0. The van der Waals surface area contributed by atoms with Gasteiger partial charge in [0.05, 0.1) is 10.5 Å². The fraction of sp³-hybridized carbons (Fsp3) is 0.125. The molecule has 1 aliphatic rings. The molecular formula is C16H12O2S. The van der Waals surface area contributed by atoms with Crippen LogP contribution in [0.4, 0.5) is 0 Å². The molecular weight excluding hydrogens is 256 g/mol. The van der Waals surface area contributed by atoms with E-state index in [1.807, 2.05) is 60.7 Å². The van der Waals surface area contributed by atoms with Gasteiger partial charge in [0.15, 0.2) is 0 Å². The minimum atomic E-state index is -0.362. The second-order valence-electron chi connectivity index (χ2n) is 4.45. The van der Waals surface area contributed by atoms with Crippen molar-refractivity contribution in [1.29, 1.82) is 0 Å². The van der Waals surface area contributed by atoms with Crippen LogP contribution in [0.3, 0.4) is 0 Å². The molecule has 3 heteroatoms. The number of hydrogen-bond donors (Lipinski definition) is 0. The molecule has 0 spiro atoms. The smallest absolute Gasteiger partial charge is 0.217 e. The Morgan fingerprint density at radius 3 is 1.37 bits per heavy atom. The summed E-state index contributed by atoms with van der Waals surface area (Å²) in [6.07, 6.45) is 0. The summed E-state index contributed by atoms with van der Waals surface area (Å²) in [5, 5.41) is -0.724. The zero-order chi connectivity index (χ0) is 13.2. The Bertz CT molecular complexity index is 552. The zero-order valence-corrected chi connectivity index (χ0v) is 11.0. The summed E-state index contributed by atoms with van der Waals surface area (Å²) in [6, 6.07) is 19.0. The van der Waals surface area contributed by atoms with Crippen molar-refractivity contribution in [2.45, 2.75) is 10.5 Å². The highest BCUT2D eigenvalue weighted by molar-refractivity contribution is 8.02. The molecule has 0 amide bonds. The topological polar surface area (TPSA) is 34.1 Å². The summed E-state index contributed by atoms with van der Waals surface area (Å²) in [5.74, 6) is -0.574. The Hall–Kier alpha value is -1.87. The average Bonchev–Trinajstić information content (AvgIpc) is 2.77. The third kappa shape index (κ3) is 2.22. The van der Waals surface area contributed by atoms with Gasteiger partial charge in [-0.25, -0.2) is 0 Å². The van der Waals surface area contributed by atoms with Gasteiger partial charge >= 0.3 is 0 Å². The lowest BCUT2D eigenvalue weighted by atomic mass is 10.0. The van der Waals surface area contributed by atoms with E-state index in [0.717, 1.165) is 11.1 Å². The number of Topliss-reactive ketones (excluding diaryl/α,β-unsaturated/α-hetero) is 2. The number of thioether (sulfide) groups is 1. The highest BCUT2D eigenvalue weighted by Gasteiger charge is 2.42. The standard InChI is InChI=1S/C16H12O2S/c17-13-14(18)16(12-9-5-2-6-10-12)19-15(13)11-7-3-1-4-8-11/h1-10,15-16H/t15-,16?/m1/s1. The van der Waals surface area contributed by atoms with E-state index >= 15 is 0 Å². The van der Waals surface area contributed by atoms with Crippen LogP contribution in [0.25, 0.3) is 0 Å². The van der Waals surface area contributed by atoms with Crippen molar-refractivity contribution in [3.63, 3.8) is 0 Å². The molecule has 1 unspecified atom stereocenters. The maximum atomic E-state index is 12.1. The Kier molecular flexibility index (Phi) is 3.22. The molecule has 0 aromatic heterocycles. The van der Waals surface area contributed by atoms with Crippen LogP contribution in [0.1, 0.15) is 21.6 Å². The first-order valence-electron chi connectivity index (χ1n) is 6.11. The maximum Gasteiger partial charge on any atom is 0.217 e. The summed E-state index contributed by atoms with van der Waals surface area (Å²) in [4.78, 5) is 24.2. The van der Waals surface area contributed by atoms with Gasteiger partial charge < -0.3 is 0 Å². The lowest BCUT2D eigenvalue weighted by molar-refractivity contribution is -0.135. The van der Waals surface area contributed by atoms with Gasteiger partial charge in [-0.2, -0.15) is 0 Å². The second kappa shape index (κ2) is 5.02.